The standard InChI is InChI=1S/C10H17F3N2O/c1-6-2-3-8(14)7(4-6)9(16)15-5-10(11,12)13/h6-8H,2-5,14H2,1H3,(H,15,16). The summed E-state index contributed by atoms with van der Waals surface area (Å²) in [5, 5.41) is 1.90. The number of nitrogens with two attached hydrogens (primary N) is 1. The van der Waals surface area contributed by atoms with Crippen molar-refractivity contribution in [2.75, 3.05) is 6.54 Å². The van der Waals surface area contributed by atoms with Crippen LogP contribution in [-0.2, 0) is 4.79 Å². The minimum atomic E-state index is -4.36. The van der Waals surface area contributed by atoms with Crippen molar-refractivity contribution in [1.29, 1.82) is 0 Å². The molecule has 0 aromatic carbocycles. The molecule has 0 bridgehead atoms. The number of amides is 1. The second kappa shape index (κ2) is 5.03. The average Bonchev–Trinajstić information content (AvgIpc) is 2.17. The summed E-state index contributed by atoms with van der Waals surface area (Å²) >= 11 is 0. The first-order chi connectivity index (χ1) is 7.29. The lowest BCUT2D eigenvalue weighted by Crippen LogP contribution is -2.47. The van der Waals surface area contributed by atoms with Crippen LogP contribution in [0.25, 0.3) is 0 Å². The molecule has 0 aliphatic heterocycles. The zero-order valence-electron chi connectivity index (χ0n) is 9.18. The number of alkyl halides is 3. The van der Waals surface area contributed by atoms with Crippen LogP contribution in [0, 0.1) is 11.8 Å². The first-order valence-corrected chi connectivity index (χ1v) is 5.39. The monoisotopic (exact) mass is 238 g/mol. The van der Waals surface area contributed by atoms with E-state index in [9.17, 15) is 18.0 Å². The highest BCUT2D eigenvalue weighted by Crippen LogP contribution is 2.28. The molecule has 0 aromatic rings. The summed E-state index contributed by atoms with van der Waals surface area (Å²) in [7, 11) is 0. The molecule has 0 aromatic heterocycles. The lowest BCUT2D eigenvalue weighted by atomic mass is 9.79. The van der Waals surface area contributed by atoms with Gasteiger partial charge in [0.15, 0.2) is 0 Å². The number of halogens is 3. The van der Waals surface area contributed by atoms with Gasteiger partial charge >= 0.3 is 6.18 Å². The van der Waals surface area contributed by atoms with Gasteiger partial charge in [-0.1, -0.05) is 6.92 Å². The van der Waals surface area contributed by atoms with Crippen LogP contribution in [0.4, 0.5) is 13.2 Å². The maximum Gasteiger partial charge on any atom is 0.405 e. The zero-order valence-corrected chi connectivity index (χ0v) is 9.18. The number of hydrogen-bond donors (Lipinski definition) is 2. The molecule has 3 unspecified atom stereocenters. The van der Waals surface area contributed by atoms with E-state index in [0.717, 1.165) is 6.42 Å². The third-order valence-electron chi connectivity index (χ3n) is 2.97. The van der Waals surface area contributed by atoms with Crippen molar-refractivity contribution in [1.82, 2.24) is 5.32 Å². The van der Waals surface area contributed by atoms with E-state index in [2.05, 4.69) is 0 Å². The number of carbonyl (C=O) groups excluding carboxylic acids is 1. The van der Waals surface area contributed by atoms with Gasteiger partial charge in [-0.05, 0) is 25.2 Å². The Balaban J connectivity index is 2.46. The fourth-order valence-corrected chi connectivity index (χ4v) is 2.02. The lowest BCUT2D eigenvalue weighted by Gasteiger charge is -2.31. The molecule has 0 radical (unpaired) electrons. The number of rotatable bonds is 2. The third-order valence-corrected chi connectivity index (χ3v) is 2.97. The van der Waals surface area contributed by atoms with Crippen LogP contribution < -0.4 is 11.1 Å². The Morgan fingerprint density at radius 1 is 1.44 bits per heavy atom. The van der Waals surface area contributed by atoms with Gasteiger partial charge in [0, 0.05) is 6.04 Å². The van der Waals surface area contributed by atoms with E-state index in [0.29, 0.717) is 18.8 Å². The van der Waals surface area contributed by atoms with Gasteiger partial charge in [0.05, 0.1) is 5.92 Å². The Kier molecular flexibility index (Phi) is 4.18. The minimum Gasteiger partial charge on any atom is -0.347 e. The maximum atomic E-state index is 11.9. The largest absolute Gasteiger partial charge is 0.405 e. The molecular formula is C10H17F3N2O. The third kappa shape index (κ3) is 4.00. The van der Waals surface area contributed by atoms with Gasteiger partial charge in [0.25, 0.3) is 0 Å². The van der Waals surface area contributed by atoms with E-state index in [1.54, 1.807) is 0 Å². The predicted octanol–water partition coefficient (Wildman–Crippen LogP) is 1.43. The summed E-state index contributed by atoms with van der Waals surface area (Å²) < 4.78 is 35.7. The highest BCUT2D eigenvalue weighted by Gasteiger charge is 2.34. The molecular weight excluding hydrogens is 221 g/mol. The Morgan fingerprint density at radius 3 is 2.62 bits per heavy atom. The second-order valence-corrected chi connectivity index (χ2v) is 4.52. The van der Waals surface area contributed by atoms with Gasteiger partial charge in [0.2, 0.25) is 5.91 Å². The van der Waals surface area contributed by atoms with Gasteiger partial charge < -0.3 is 11.1 Å². The number of carbonyl (C=O) groups is 1. The molecule has 6 heteroatoms. The Hall–Kier alpha value is -0.780. The van der Waals surface area contributed by atoms with Gasteiger partial charge in [-0.2, -0.15) is 13.2 Å². The fourth-order valence-electron chi connectivity index (χ4n) is 2.02. The molecule has 1 aliphatic carbocycles. The molecule has 3 N–H and O–H groups in total. The summed E-state index contributed by atoms with van der Waals surface area (Å²) in [4.78, 5) is 11.5. The summed E-state index contributed by atoms with van der Waals surface area (Å²) in [6.07, 6.45) is -2.15. The van der Waals surface area contributed by atoms with Crippen molar-refractivity contribution in [3.63, 3.8) is 0 Å². The first-order valence-electron chi connectivity index (χ1n) is 5.39. The predicted molar refractivity (Wildman–Crippen MR) is 53.5 cm³/mol. The highest BCUT2D eigenvalue weighted by molar-refractivity contribution is 5.79. The van der Waals surface area contributed by atoms with E-state index in [1.165, 1.54) is 0 Å². The molecule has 1 aliphatic rings. The smallest absolute Gasteiger partial charge is 0.347 e. The number of nitrogens with one attached hydrogen (secondary N) is 1. The van der Waals surface area contributed by atoms with Crippen LogP contribution in [0.2, 0.25) is 0 Å². The van der Waals surface area contributed by atoms with E-state index in [1.807, 2.05) is 12.2 Å². The van der Waals surface area contributed by atoms with E-state index >= 15 is 0 Å². The highest BCUT2D eigenvalue weighted by atomic mass is 19.4. The molecule has 0 heterocycles. The molecule has 1 rings (SSSR count). The van der Waals surface area contributed by atoms with Gasteiger partial charge in [0.1, 0.15) is 6.54 Å². The normalized spacial score (nSPS) is 31.2. The molecule has 16 heavy (non-hydrogen) atoms. The average molecular weight is 238 g/mol. The summed E-state index contributed by atoms with van der Waals surface area (Å²) in [5.41, 5.74) is 5.74. The molecule has 3 nitrogen and oxygen atoms in total. The van der Waals surface area contributed by atoms with Crippen molar-refractivity contribution in [2.45, 2.75) is 38.4 Å². The van der Waals surface area contributed by atoms with Crippen molar-refractivity contribution >= 4 is 5.91 Å². The fraction of sp³-hybridized carbons (Fsp3) is 0.900. The second-order valence-electron chi connectivity index (χ2n) is 4.52. The van der Waals surface area contributed by atoms with Crippen molar-refractivity contribution in [3.8, 4) is 0 Å². The van der Waals surface area contributed by atoms with Gasteiger partial charge in [-0.3, -0.25) is 4.79 Å². The Bertz CT molecular complexity index is 255. The van der Waals surface area contributed by atoms with Crippen molar-refractivity contribution in [3.05, 3.63) is 0 Å². The quantitative estimate of drug-likeness (QED) is 0.764. The van der Waals surface area contributed by atoms with Crippen LogP contribution in [-0.4, -0.2) is 24.7 Å². The van der Waals surface area contributed by atoms with Gasteiger partial charge in [-0.25, -0.2) is 0 Å². The molecule has 0 spiro atoms. The molecule has 1 saturated carbocycles. The Morgan fingerprint density at radius 2 is 2.06 bits per heavy atom. The minimum absolute atomic E-state index is 0.315. The molecule has 3 atom stereocenters. The lowest BCUT2D eigenvalue weighted by molar-refractivity contribution is -0.142. The number of hydrogen-bond acceptors (Lipinski definition) is 2. The van der Waals surface area contributed by atoms with Crippen LogP contribution >= 0.6 is 0 Å². The van der Waals surface area contributed by atoms with E-state index in [-0.39, 0.29) is 6.04 Å². The van der Waals surface area contributed by atoms with Crippen LogP contribution in [0.15, 0.2) is 0 Å². The van der Waals surface area contributed by atoms with Crippen LogP contribution in [0.3, 0.4) is 0 Å². The summed E-state index contributed by atoms with van der Waals surface area (Å²) in [6.45, 7) is 0.708. The molecule has 94 valence electrons. The van der Waals surface area contributed by atoms with E-state index < -0.39 is 24.5 Å². The van der Waals surface area contributed by atoms with Crippen molar-refractivity contribution in [2.24, 2.45) is 17.6 Å². The molecule has 0 saturated heterocycles. The summed E-state index contributed by atoms with van der Waals surface area (Å²) in [6, 6.07) is -0.315. The van der Waals surface area contributed by atoms with Crippen molar-refractivity contribution < 1.29 is 18.0 Å². The zero-order chi connectivity index (χ0) is 12.3. The van der Waals surface area contributed by atoms with Crippen LogP contribution in [0.5, 0.6) is 0 Å². The molecule has 1 amide bonds. The first kappa shape index (κ1) is 13.3. The molecule has 1 fully saturated rings. The van der Waals surface area contributed by atoms with Gasteiger partial charge in [-0.15, -0.1) is 0 Å². The SMILES string of the molecule is CC1CCC(N)C(C(=O)NCC(F)(F)F)C1. The van der Waals surface area contributed by atoms with Crippen LogP contribution in [0.1, 0.15) is 26.2 Å². The Labute approximate surface area is 92.6 Å². The maximum absolute atomic E-state index is 11.9. The topological polar surface area (TPSA) is 55.1 Å². The van der Waals surface area contributed by atoms with E-state index in [4.69, 9.17) is 5.73 Å². The summed E-state index contributed by atoms with van der Waals surface area (Å²) in [5.74, 6) is -0.705.